The van der Waals surface area contributed by atoms with Crippen LogP contribution in [0.15, 0.2) is 48.5 Å². The van der Waals surface area contributed by atoms with Crippen LogP contribution in [0.25, 0.3) is 0 Å². The van der Waals surface area contributed by atoms with Crippen molar-refractivity contribution < 1.29 is 62.7 Å². The Morgan fingerprint density at radius 1 is 0.737 bits per heavy atom. The number of ether oxygens (including phenoxy) is 5. The van der Waals surface area contributed by atoms with Crippen LogP contribution >= 0.6 is 11.6 Å². The fourth-order valence-corrected chi connectivity index (χ4v) is 5.96. The number of hydrogen-bond donors (Lipinski definition) is 2. The molecule has 3 fully saturated rings. The maximum Gasteiger partial charge on any atom is 0.424 e. The topological polar surface area (TPSA) is 196 Å². The number of imide groups is 6. The summed E-state index contributed by atoms with van der Waals surface area (Å²) in [4.78, 5) is 74.6. The molecule has 57 heavy (non-hydrogen) atoms. The van der Waals surface area contributed by atoms with Crippen LogP contribution in [0.2, 0.25) is 0 Å². The number of likely N-dealkylation sites (tertiary alicyclic amines) is 2. The van der Waals surface area contributed by atoms with Gasteiger partial charge in [-0.05, 0) is 109 Å². The van der Waals surface area contributed by atoms with Gasteiger partial charge >= 0.3 is 12.2 Å². The highest BCUT2D eigenvalue weighted by Gasteiger charge is 2.42. The zero-order valence-corrected chi connectivity index (χ0v) is 34.2. The van der Waals surface area contributed by atoms with Crippen molar-refractivity contribution in [2.24, 2.45) is 0 Å². The number of aliphatic hydroxyl groups is 1. The average molecular weight is 819 g/mol. The number of aliphatic hydroxyl groups excluding tert-OH is 1. The Morgan fingerprint density at radius 3 is 1.61 bits per heavy atom. The van der Waals surface area contributed by atoms with Crippen LogP contribution < -0.4 is 4.74 Å². The van der Waals surface area contributed by atoms with Crippen LogP contribution in [0.5, 0.6) is 11.5 Å². The van der Waals surface area contributed by atoms with E-state index in [9.17, 15) is 33.9 Å². The number of carbonyl (C=O) groups excluding carboxylic acids is 6. The predicted molar refractivity (Wildman–Crippen MR) is 208 cm³/mol. The van der Waals surface area contributed by atoms with E-state index in [4.69, 9.17) is 40.4 Å². The second-order valence-electron chi connectivity index (χ2n) is 15.4. The molecule has 3 aliphatic heterocycles. The molecule has 0 aliphatic carbocycles. The standard InChI is InChI=1S/C18H23NO6.C16H19NO5.C7H13ClO2/c1-18(2,3)25-17(23)19-15(21)9-8-14(16(19)22)12-4-6-13(7-5-12)24-11-10-20;1-16(2,3)22-15(21)17-13(19)9-8-12(14(17)20)10-4-6-11(18)7-5-10;8-4-6-10-7-3-1-2-5-9-7/h4-7,14,20H,8-11H2,1-3H3;4-7,12,18H,8-9H2,1-3H3;7H,1-6H2. The number of phenolic OH excluding ortho intramolecular Hbond substituents is 1. The van der Waals surface area contributed by atoms with Gasteiger partial charge < -0.3 is 33.9 Å². The molecule has 3 saturated heterocycles. The Kier molecular flexibility index (Phi) is 17.9. The molecule has 3 heterocycles. The molecule has 16 heteroatoms. The zero-order chi connectivity index (χ0) is 42.3. The van der Waals surface area contributed by atoms with Crippen molar-refractivity contribution in [3.63, 3.8) is 0 Å². The maximum atomic E-state index is 12.7. The third-order valence-electron chi connectivity index (χ3n) is 8.44. The first kappa shape index (κ1) is 46.8. The van der Waals surface area contributed by atoms with Crippen molar-refractivity contribution >= 4 is 47.4 Å². The summed E-state index contributed by atoms with van der Waals surface area (Å²) in [6.45, 7) is 11.6. The largest absolute Gasteiger partial charge is 0.508 e. The summed E-state index contributed by atoms with van der Waals surface area (Å²) >= 11 is 5.44. The van der Waals surface area contributed by atoms with Crippen LogP contribution in [0.3, 0.4) is 0 Å². The number of carbonyl (C=O) groups is 6. The molecule has 15 nitrogen and oxygen atoms in total. The van der Waals surface area contributed by atoms with Gasteiger partial charge in [0.2, 0.25) is 23.6 Å². The quantitative estimate of drug-likeness (QED) is 0.215. The van der Waals surface area contributed by atoms with Gasteiger partial charge in [-0.25, -0.2) is 9.59 Å². The lowest BCUT2D eigenvalue weighted by Gasteiger charge is -2.31. The first-order valence-corrected chi connectivity index (χ1v) is 19.5. The van der Waals surface area contributed by atoms with Gasteiger partial charge in [-0.3, -0.25) is 19.2 Å². The molecule has 3 atom stereocenters. The van der Waals surface area contributed by atoms with E-state index >= 15 is 0 Å². The Balaban J connectivity index is 0.000000248. The van der Waals surface area contributed by atoms with Gasteiger partial charge in [0.1, 0.15) is 29.3 Å². The number of hydrogen-bond acceptors (Lipinski definition) is 13. The van der Waals surface area contributed by atoms with Crippen LogP contribution in [-0.4, -0.2) is 106 Å². The highest BCUT2D eigenvalue weighted by molar-refractivity contribution is 6.18. The molecule has 0 bridgehead atoms. The summed E-state index contributed by atoms with van der Waals surface area (Å²) < 4.78 is 26.2. The van der Waals surface area contributed by atoms with Crippen molar-refractivity contribution in [3.8, 4) is 11.5 Å². The summed E-state index contributed by atoms with van der Waals surface area (Å²) in [7, 11) is 0. The second kappa shape index (κ2) is 21.8. The normalized spacial score (nSPS) is 20.1. The lowest BCUT2D eigenvalue weighted by atomic mass is 9.89. The van der Waals surface area contributed by atoms with Crippen LogP contribution in [0.4, 0.5) is 9.59 Å². The Labute approximate surface area is 338 Å². The number of phenols is 1. The van der Waals surface area contributed by atoms with E-state index in [1.807, 2.05) is 0 Å². The highest BCUT2D eigenvalue weighted by Crippen LogP contribution is 2.32. The molecule has 314 valence electrons. The van der Waals surface area contributed by atoms with E-state index in [0.717, 1.165) is 13.0 Å². The number of piperidine rings is 2. The fraction of sp³-hybridized carbons (Fsp3) is 0.561. The van der Waals surface area contributed by atoms with E-state index < -0.39 is 58.9 Å². The summed E-state index contributed by atoms with van der Waals surface area (Å²) in [6, 6.07) is 13.0. The molecular formula is C41H55ClN2O13. The van der Waals surface area contributed by atoms with Crippen molar-refractivity contribution in [3.05, 3.63) is 59.7 Å². The molecule has 5 rings (SSSR count). The zero-order valence-electron chi connectivity index (χ0n) is 33.5. The smallest absolute Gasteiger partial charge is 0.424 e. The number of halogens is 1. The number of rotatable bonds is 8. The number of nitrogens with zero attached hydrogens (tertiary/aromatic N) is 2. The van der Waals surface area contributed by atoms with Gasteiger partial charge in [-0.2, -0.15) is 9.80 Å². The number of benzene rings is 2. The van der Waals surface area contributed by atoms with Crippen LogP contribution in [0.1, 0.15) is 109 Å². The lowest BCUT2D eigenvalue weighted by molar-refractivity contribution is -0.158. The molecule has 0 saturated carbocycles. The van der Waals surface area contributed by atoms with Crippen LogP contribution in [0, 0.1) is 0 Å². The molecular weight excluding hydrogens is 764 g/mol. The van der Waals surface area contributed by atoms with Crippen molar-refractivity contribution in [2.75, 3.05) is 32.3 Å². The maximum absolute atomic E-state index is 12.7. The lowest BCUT2D eigenvalue weighted by Crippen LogP contribution is -2.49. The first-order valence-electron chi connectivity index (χ1n) is 19.0. The Morgan fingerprint density at radius 2 is 1.21 bits per heavy atom. The monoisotopic (exact) mass is 818 g/mol. The summed E-state index contributed by atoms with van der Waals surface area (Å²) in [5.41, 5.74) is -0.231. The average Bonchev–Trinajstić information content (AvgIpc) is 3.14. The molecule has 6 amide bonds. The van der Waals surface area contributed by atoms with Crippen molar-refractivity contribution in [2.45, 2.75) is 116 Å². The van der Waals surface area contributed by atoms with E-state index in [1.165, 1.54) is 25.0 Å². The van der Waals surface area contributed by atoms with Crippen molar-refractivity contribution in [1.82, 2.24) is 9.80 Å². The third kappa shape index (κ3) is 15.0. The van der Waals surface area contributed by atoms with Gasteiger partial charge in [0.25, 0.3) is 0 Å². The minimum atomic E-state index is -0.939. The van der Waals surface area contributed by atoms with Gasteiger partial charge in [0.05, 0.1) is 25.0 Å². The molecule has 3 aliphatic rings. The number of alkyl halides is 1. The van der Waals surface area contributed by atoms with Gasteiger partial charge in [-0.15, -0.1) is 11.6 Å². The highest BCUT2D eigenvalue weighted by atomic mass is 35.5. The molecule has 3 unspecified atom stereocenters. The van der Waals surface area contributed by atoms with E-state index in [0.29, 0.717) is 52.0 Å². The summed E-state index contributed by atoms with van der Waals surface area (Å²) in [5, 5.41) is 18.1. The number of aromatic hydroxyl groups is 1. The molecule has 2 aromatic rings. The van der Waals surface area contributed by atoms with Gasteiger partial charge in [0, 0.05) is 25.3 Å². The fourth-order valence-electron chi connectivity index (χ4n) is 5.87. The second-order valence-corrected chi connectivity index (χ2v) is 15.7. The Hall–Kier alpha value is -4.57. The molecule has 2 aromatic carbocycles. The van der Waals surface area contributed by atoms with E-state index in [2.05, 4.69) is 0 Å². The number of amides is 6. The van der Waals surface area contributed by atoms with Crippen molar-refractivity contribution in [1.29, 1.82) is 0 Å². The molecule has 0 spiro atoms. The van der Waals surface area contributed by atoms with Gasteiger partial charge in [-0.1, -0.05) is 24.3 Å². The van der Waals surface area contributed by atoms with Gasteiger partial charge in [0.15, 0.2) is 6.29 Å². The molecule has 0 aromatic heterocycles. The van der Waals surface area contributed by atoms with E-state index in [1.54, 1.807) is 77.9 Å². The predicted octanol–water partition coefficient (Wildman–Crippen LogP) is 6.55. The molecule has 0 radical (unpaired) electrons. The SMILES string of the molecule is CC(C)(C)OC(=O)N1C(=O)CCC(c2ccc(O)cc2)C1=O.CC(C)(C)OC(=O)N1C(=O)CCC(c2ccc(OCCO)cc2)C1=O.ClCCOC1CCCCO1. The summed E-state index contributed by atoms with van der Waals surface area (Å²) in [6.07, 6.45) is 2.42. The Bertz CT molecular complexity index is 1660. The minimum Gasteiger partial charge on any atom is -0.508 e. The first-order chi connectivity index (χ1) is 26.8. The molecule has 2 N–H and O–H groups in total. The minimum absolute atomic E-state index is 0.0208. The van der Waals surface area contributed by atoms with Crippen LogP contribution in [-0.2, 0) is 38.1 Å². The van der Waals surface area contributed by atoms with E-state index in [-0.39, 0.29) is 38.1 Å². The third-order valence-corrected chi connectivity index (χ3v) is 8.59. The summed E-state index contributed by atoms with van der Waals surface area (Å²) in [5.74, 6) is -2.21.